The highest BCUT2D eigenvalue weighted by molar-refractivity contribution is 5.89. The number of anilines is 1. The van der Waals surface area contributed by atoms with Crippen molar-refractivity contribution >= 4 is 17.6 Å². The first-order valence-corrected chi connectivity index (χ1v) is 10.1. The lowest BCUT2D eigenvalue weighted by Crippen LogP contribution is -2.67. The van der Waals surface area contributed by atoms with Gasteiger partial charge in [0, 0.05) is 38.8 Å². The minimum atomic E-state index is -0.859. The summed E-state index contributed by atoms with van der Waals surface area (Å²) in [7, 11) is 1.58. The topological polar surface area (TPSA) is 113 Å². The first-order chi connectivity index (χ1) is 14.5. The summed E-state index contributed by atoms with van der Waals surface area (Å²) in [5.41, 5.74) is 0.608. The van der Waals surface area contributed by atoms with Gasteiger partial charge in [-0.25, -0.2) is 4.79 Å². The van der Waals surface area contributed by atoms with Crippen molar-refractivity contribution in [3.63, 3.8) is 0 Å². The van der Waals surface area contributed by atoms with Gasteiger partial charge in [0.2, 0.25) is 5.91 Å². The van der Waals surface area contributed by atoms with E-state index in [1.165, 1.54) is 0 Å². The number of amides is 3. The van der Waals surface area contributed by atoms with Crippen LogP contribution in [-0.4, -0.2) is 97.3 Å². The number of carbonyl (C=O) groups is 2. The molecule has 0 saturated carbocycles. The van der Waals surface area contributed by atoms with Crippen LogP contribution in [0.5, 0.6) is 5.75 Å². The number of ether oxygens (including phenoxy) is 3. The predicted octanol–water partition coefficient (Wildman–Crippen LogP) is -0.166. The van der Waals surface area contributed by atoms with Gasteiger partial charge in [0.25, 0.3) is 0 Å². The molecule has 0 aliphatic carbocycles. The van der Waals surface area contributed by atoms with Crippen molar-refractivity contribution in [3.8, 4) is 5.75 Å². The van der Waals surface area contributed by atoms with Crippen molar-refractivity contribution in [2.45, 2.75) is 37.5 Å². The molecule has 0 spiro atoms. The average molecular weight is 420 g/mol. The van der Waals surface area contributed by atoms with E-state index >= 15 is 0 Å². The number of piperazine rings is 1. The normalized spacial score (nSPS) is 31.3. The maximum absolute atomic E-state index is 12.5. The SMILES string of the molecule is COc1ccc(NC(=O)N[C@H]2[C@H](O)[C@H](N3CCN(C(C)=O)CC3)[C@@H]3OC[C@@H]2O3)cc1. The van der Waals surface area contributed by atoms with Gasteiger partial charge in [-0.2, -0.15) is 0 Å². The van der Waals surface area contributed by atoms with E-state index < -0.39 is 36.6 Å². The zero-order valence-electron chi connectivity index (χ0n) is 17.1. The van der Waals surface area contributed by atoms with Crippen LogP contribution in [0.2, 0.25) is 0 Å². The molecule has 10 heteroatoms. The predicted molar refractivity (Wildman–Crippen MR) is 107 cm³/mol. The van der Waals surface area contributed by atoms with Crippen molar-refractivity contribution in [1.82, 2.24) is 15.1 Å². The van der Waals surface area contributed by atoms with Crippen molar-refractivity contribution in [3.05, 3.63) is 24.3 Å². The lowest BCUT2D eigenvalue weighted by atomic mass is 9.94. The summed E-state index contributed by atoms with van der Waals surface area (Å²) in [6, 6.07) is 5.51. The van der Waals surface area contributed by atoms with Gasteiger partial charge in [-0.3, -0.25) is 9.69 Å². The van der Waals surface area contributed by atoms with Crippen LogP contribution in [0.1, 0.15) is 6.92 Å². The molecule has 0 unspecified atom stereocenters. The molecule has 1 aromatic carbocycles. The number of hydrogen-bond acceptors (Lipinski definition) is 7. The Morgan fingerprint density at radius 1 is 1.17 bits per heavy atom. The van der Waals surface area contributed by atoms with Gasteiger partial charge >= 0.3 is 6.03 Å². The van der Waals surface area contributed by atoms with Crippen molar-refractivity contribution in [2.24, 2.45) is 0 Å². The first-order valence-electron chi connectivity index (χ1n) is 10.1. The monoisotopic (exact) mass is 420 g/mol. The van der Waals surface area contributed by atoms with Crippen LogP contribution in [0.25, 0.3) is 0 Å². The van der Waals surface area contributed by atoms with Crippen LogP contribution < -0.4 is 15.4 Å². The number of fused-ring (bicyclic) bond motifs is 2. The lowest BCUT2D eigenvalue weighted by molar-refractivity contribution is -0.185. The van der Waals surface area contributed by atoms with Crippen molar-refractivity contribution in [2.75, 3.05) is 45.2 Å². The molecule has 1 aromatic rings. The fourth-order valence-corrected chi connectivity index (χ4v) is 4.30. The Kier molecular flexibility index (Phi) is 6.09. The third-order valence-electron chi connectivity index (χ3n) is 5.96. The Balaban J connectivity index is 1.39. The quantitative estimate of drug-likeness (QED) is 0.620. The molecular formula is C20H28N4O6. The summed E-state index contributed by atoms with van der Waals surface area (Å²) in [5, 5.41) is 16.7. The number of urea groups is 1. The van der Waals surface area contributed by atoms with Gasteiger partial charge in [0.15, 0.2) is 6.29 Å². The highest BCUT2D eigenvalue weighted by atomic mass is 16.7. The Morgan fingerprint density at radius 2 is 1.87 bits per heavy atom. The summed E-state index contributed by atoms with van der Waals surface area (Å²) < 4.78 is 16.8. The molecular weight excluding hydrogens is 392 g/mol. The third-order valence-corrected chi connectivity index (χ3v) is 5.96. The van der Waals surface area contributed by atoms with Crippen LogP contribution in [0.4, 0.5) is 10.5 Å². The van der Waals surface area contributed by atoms with Crippen LogP contribution in [-0.2, 0) is 14.3 Å². The number of aliphatic hydroxyl groups excluding tert-OH is 1. The molecule has 3 aliphatic rings. The van der Waals surface area contributed by atoms with E-state index in [1.54, 1.807) is 43.2 Å². The molecule has 0 aromatic heterocycles. The molecule has 4 rings (SSSR count). The second kappa shape index (κ2) is 8.76. The van der Waals surface area contributed by atoms with Crippen molar-refractivity contribution < 1.29 is 28.9 Å². The number of carbonyl (C=O) groups excluding carboxylic acids is 2. The third kappa shape index (κ3) is 4.22. The molecule has 164 valence electrons. The van der Waals surface area contributed by atoms with Gasteiger partial charge in [0.05, 0.1) is 31.9 Å². The summed E-state index contributed by atoms with van der Waals surface area (Å²) in [6.45, 7) is 4.26. The van der Waals surface area contributed by atoms with Gasteiger partial charge in [-0.1, -0.05) is 0 Å². The fraction of sp³-hybridized carbons (Fsp3) is 0.600. The molecule has 3 saturated heterocycles. The van der Waals surface area contributed by atoms with Gasteiger partial charge in [0.1, 0.15) is 11.9 Å². The van der Waals surface area contributed by atoms with Crippen LogP contribution in [0.15, 0.2) is 24.3 Å². The molecule has 3 aliphatic heterocycles. The van der Waals surface area contributed by atoms with E-state index in [2.05, 4.69) is 15.5 Å². The minimum Gasteiger partial charge on any atom is -0.497 e. The number of rotatable bonds is 4. The standard InChI is InChI=1S/C20H28N4O6/c1-12(25)23-7-9-24(10-8-23)17-18(26)16(15-11-29-19(17)30-15)22-20(27)21-13-3-5-14(28-2)6-4-13/h3-6,15-19,26H,7-11H2,1-2H3,(H2,21,22,27)/t15-,16+,17-,18-,19+/m0/s1. The van der Waals surface area contributed by atoms with Gasteiger partial charge < -0.3 is 34.9 Å². The van der Waals surface area contributed by atoms with E-state index in [1.807, 2.05) is 0 Å². The average Bonchev–Trinajstić information content (AvgIpc) is 3.17. The Labute approximate surface area is 175 Å². The maximum atomic E-state index is 12.5. The lowest BCUT2D eigenvalue weighted by Gasteiger charge is -2.46. The van der Waals surface area contributed by atoms with Crippen molar-refractivity contribution in [1.29, 1.82) is 0 Å². The molecule has 2 bridgehead atoms. The number of aliphatic hydroxyl groups is 1. The van der Waals surface area contributed by atoms with E-state index in [4.69, 9.17) is 14.2 Å². The van der Waals surface area contributed by atoms with E-state index in [0.717, 1.165) is 0 Å². The summed E-state index contributed by atoms with van der Waals surface area (Å²) in [6.07, 6.45) is -1.82. The second-order valence-corrected chi connectivity index (χ2v) is 7.75. The molecule has 3 amide bonds. The highest BCUT2D eigenvalue weighted by Gasteiger charge is 2.52. The summed E-state index contributed by atoms with van der Waals surface area (Å²) in [5.74, 6) is 0.737. The Hall–Kier alpha value is -2.40. The van der Waals surface area contributed by atoms with Crippen LogP contribution in [0.3, 0.4) is 0 Å². The molecule has 3 heterocycles. The number of nitrogens with one attached hydrogen (secondary N) is 2. The largest absolute Gasteiger partial charge is 0.497 e. The number of nitrogens with zero attached hydrogens (tertiary/aromatic N) is 2. The molecule has 5 atom stereocenters. The van der Waals surface area contributed by atoms with E-state index in [9.17, 15) is 14.7 Å². The molecule has 0 radical (unpaired) electrons. The minimum absolute atomic E-state index is 0.0435. The molecule has 3 N–H and O–H groups in total. The van der Waals surface area contributed by atoms with Gasteiger partial charge in [-0.15, -0.1) is 0 Å². The molecule has 30 heavy (non-hydrogen) atoms. The second-order valence-electron chi connectivity index (χ2n) is 7.75. The maximum Gasteiger partial charge on any atom is 0.319 e. The molecule has 10 nitrogen and oxygen atoms in total. The number of methoxy groups -OCH3 is 1. The van der Waals surface area contributed by atoms with E-state index in [0.29, 0.717) is 44.2 Å². The number of benzene rings is 1. The van der Waals surface area contributed by atoms with Crippen LogP contribution in [0, 0.1) is 0 Å². The van der Waals surface area contributed by atoms with Gasteiger partial charge in [-0.05, 0) is 24.3 Å². The summed E-state index contributed by atoms with van der Waals surface area (Å²) in [4.78, 5) is 28.0. The zero-order valence-corrected chi connectivity index (χ0v) is 17.1. The Bertz CT molecular complexity index is 767. The highest BCUT2D eigenvalue weighted by Crippen LogP contribution is 2.32. The zero-order chi connectivity index (χ0) is 21.3. The smallest absolute Gasteiger partial charge is 0.319 e. The first kappa shape index (κ1) is 20.9. The van der Waals surface area contributed by atoms with E-state index in [-0.39, 0.29) is 5.91 Å². The molecule has 3 fully saturated rings. The van der Waals surface area contributed by atoms with Crippen LogP contribution >= 0.6 is 0 Å². The summed E-state index contributed by atoms with van der Waals surface area (Å²) >= 11 is 0. The fourth-order valence-electron chi connectivity index (χ4n) is 4.30. The number of hydrogen-bond donors (Lipinski definition) is 3. The Morgan fingerprint density at radius 3 is 2.50 bits per heavy atom.